The van der Waals surface area contributed by atoms with Crippen molar-refractivity contribution in [1.82, 2.24) is 10.2 Å². The molecule has 1 aromatic rings. The Labute approximate surface area is 188 Å². The van der Waals surface area contributed by atoms with E-state index in [-0.39, 0.29) is 17.4 Å². The minimum atomic E-state index is -0.490. The van der Waals surface area contributed by atoms with E-state index in [1.165, 1.54) is 11.0 Å². The second-order valence-electron chi connectivity index (χ2n) is 9.29. The van der Waals surface area contributed by atoms with Gasteiger partial charge in [-0.1, -0.05) is 33.0 Å². The zero-order chi connectivity index (χ0) is 22.8. The van der Waals surface area contributed by atoms with Crippen molar-refractivity contribution < 1.29 is 18.7 Å². The highest BCUT2D eigenvalue weighted by Gasteiger charge is 2.33. The Morgan fingerprint density at radius 1 is 1.26 bits per heavy atom. The molecule has 0 radical (unpaired) electrons. The highest BCUT2D eigenvalue weighted by atomic mass is 32.1. The van der Waals surface area contributed by atoms with Gasteiger partial charge in [-0.15, -0.1) is 0 Å². The number of amides is 2. The maximum atomic E-state index is 14.8. The van der Waals surface area contributed by atoms with Crippen molar-refractivity contribution in [2.45, 2.75) is 40.2 Å². The molecule has 2 fully saturated rings. The van der Waals surface area contributed by atoms with Crippen molar-refractivity contribution in [3.63, 3.8) is 0 Å². The summed E-state index contributed by atoms with van der Waals surface area (Å²) in [6.45, 7) is 10.9. The average molecular weight is 451 g/mol. The molecule has 2 heterocycles. The molecule has 9 heteroatoms. The second-order valence-corrected chi connectivity index (χ2v) is 9.78. The van der Waals surface area contributed by atoms with Crippen LogP contribution in [0.1, 0.15) is 34.1 Å². The molecule has 1 atom stereocenters. The van der Waals surface area contributed by atoms with Crippen molar-refractivity contribution in [1.29, 1.82) is 0 Å². The molecule has 0 aromatic heterocycles. The van der Waals surface area contributed by atoms with Gasteiger partial charge in [0.05, 0.1) is 29.5 Å². The topological polar surface area (TPSA) is 65.1 Å². The molecule has 2 saturated heterocycles. The van der Waals surface area contributed by atoms with Gasteiger partial charge < -0.3 is 19.9 Å². The monoisotopic (exact) mass is 450 g/mol. The van der Waals surface area contributed by atoms with Gasteiger partial charge >= 0.3 is 6.09 Å². The Morgan fingerprint density at radius 3 is 2.52 bits per heavy atom. The van der Waals surface area contributed by atoms with Gasteiger partial charge in [-0.25, -0.2) is 9.18 Å². The normalized spacial score (nSPS) is 19.5. The number of piperazine rings is 1. The number of rotatable bonds is 5. The molecule has 3 rings (SSSR count). The largest absolute Gasteiger partial charge is 0.442 e. The van der Waals surface area contributed by atoms with Crippen molar-refractivity contribution in [3.8, 4) is 0 Å². The lowest BCUT2D eigenvalue weighted by atomic mass is 9.92. The van der Waals surface area contributed by atoms with Crippen LogP contribution in [0.3, 0.4) is 0 Å². The SMILES string of the molecule is CC(=O)N1CCN(c2ccc(N3C[C@H](CNC(=S)CC(C)(C)C)OC3=O)cc2F)CC1. The van der Waals surface area contributed by atoms with Crippen LogP contribution in [0.5, 0.6) is 0 Å². The van der Waals surface area contributed by atoms with Gasteiger partial charge in [-0.05, 0) is 23.6 Å². The lowest BCUT2D eigenvalue weighted by Gasteiger charge is -2.35. The number of carbonyl (C=O) groups is 2. The average Bonchev–Trinajstić information content (AvgIpc) is 3.06. The van der Waals surface area contributed by atoms with E-state index < -0.39 is 11.9 Å². The summed E-state index contributed by atoms with van der Waals surface area (Å²) in [6.07, 6.45) is -0.0938. The zero-order valence-corrected chi connectivity index (χ0v) is 19.4. The summed E-state index contributed by atoms with van der Waals surface area (Å²) in [7, 11) is 0. The summed E-state index contributed by atoms with van der Waals surface area (Å²) < 4.78 is 20.3. The Morgan fingerprint density at radius 2 is 1.94 bits per heavy atom. The third-order valence-electron chi connectivity index (χ3n) is 5.40. The van der Waals surface area contributed by atoms with Crippen LogP contribution in [-0.2, 0) is 9.53 Å². The van der Waals surface area contributed by atoms with Crippen molar-refractivity contribution >= 4 is 40.6 Å². The van der Waals surface area contributed by atoms with Crippen molar-refractivity contribution in [2.75, 3.05) is 49.1 Å². The van der Waals surface area contributed by atoms with Gasteiger partial charge in [0.2, 0.25) is 5.91 Å². The van der Waals surface area contributed by atoms with E-state index in [0.29, 0.717) is 50.6 Å². The van der Waals surface area contributed by atoms with Gasteiger partial charge in [0.25, 0.3) is 0 Å². The van der Waals surface area contributed by atoms with Crippen LogP contribution < -0.4 is 15.1 Å². The van der Waals surface area contributed by atoms with E-state index in [1.54, 1.807) is 24.0 Å². The van der Waals surface area contributed by atoms with E-state index in [0.717, 1.165) is 11.4 Å². The van der Waals surface area contributed by atoms with E-state index in [9.17, 15) is 14.0 Å². The Balaban J connectivity index is 1.58. The van der Waals surface area contributed by atoms with E-state index in [1.807, 2.05) is 4.90 Å². The smallest absolute Gasteiger partial charge is 0.414 e. The van der Waals surface area contributed by atoms with E-state index in [2.05, 4.69) is 26.1 Å². The molecule has 0 aliphatic carbocycles. The molecule has 170 valence electrons. The lowest BCUT2D eigenvalue weighted by Crippen LogP contribution is -2.48. The summed E-state index contributed by atoms with van der Waals surface area (Å²) in [5.74, 6) is -0.360. The maximum Gasteiger partial charge on any atom is 0.414 e. The van der Waals surface area contributed by atoms with Gasteiger partial charge in [0, 0.05) is 39.5 Å². The van der Waals surface area contributed by atoms with Gasteiger partial charge in [-0.2, -0.15) is 0 Å². The quantitative estimate of drug-likeness (QED) is 0.696. The van der Waals surface area contributed by atoms with Crippen LogP contribution in [0.4, 0.5) is 20.6 Å². The van der Waals surface area contributed by atoms with Crippen molar-refractivity contribution in [2.24, 2.45) is 5.41 Å². The summed E-state index contributed by atoms with van der Waals surface area (Å²) in [5, 5.41) is 3.17. The molecular weight excluding hydrogens is 419 g/mol. The molecule has 31 heavy (non-hydrogen) atoms. The molecule has 0 bridgehead atoms. The highest BCUT2D eigenvalue weighted by molar-refractivity contribution is 7.80. The number of anilines is 2. The zero-order valence-electron chi connectivity index (χ0n) is 18.6. The third kappa shape index (κ3) is 6.06. The number of nitrogens with one attached hydrogen (secondary N) is 1. The molecule has 2 aliphatic rings. The summed E-state index contributed by atoms with van der Waals surface area (Å²) >= 11 is 5.36. The molecule has 0 unspecified atom stereocenters. The molecule has 7 nitrogen and oxygen atoms in total. The van der Waals surface area contributed by atoms with Crippen LogP contribution in [0.15, 0.2) is 18.2 Å². The van der Waals surface area contributed by atoms with Gasteiger partial charge in [-0.3, -0.25) is 9.69 Å². The molecule has 2 amide bonds. The summed E-state index contributed by atoms with van der Waals surface area (Å²) in [6, 6.07) is 4.79. The van der Waals surface area contributed by atoms with Crippen LogP contribution in [0.25, 0.3) is 0 Å². The second kappa shape index (κ2) is 9.38. The van der Waals surface area contributed by atoms with Gasteiger partial charge in [0.15, 0.2) is 0 Å². The Hall–Kier alpha value is -2.42. The van der Waals surface area contributed by atoms with Crippen molar-refractivity contribution in [3.05, 3.63) is 24.0 Å². The van der Waals surface area contributed by atoms with Crippen LogP contribution in [0.2, 0.25) is 0 Å². The standard InChI is InChI=1S/C22H31FN4O3S/c1-15(28)25-7-9-26(10-8-25)19-6-5-16(11-18(19)23)27-14-17(30-21(27)29)13-24-20(31)12-22(2,3)4/h5-6,11,17H,7-10,12-14H2,1-4H3,(H,24,31)/t17-/m0/s1. The summed E-state index contributed by atoms with van der Waals surface area (Å²) in [4.78, 5) is 29.7. The molecular formula is C22H31FN4O3S. The number of benzene rings is 1. The van der Waals surface area contributed by atoms with E-state index in [4.69, 9.17) is 17.0 Å². The fraction of sp³-hybridized carbons (Fsp3) is 0.591. The number of ether oxygens (including phenoxy) is 1. The molecule has 1 N–H and O–H groups in total. The Kier molecular flexibility index (Phi) is 7.03. The minimum absolute atomic E-state index is 0.0335. The maximum absolute atomic E-state index is 14.8. The number of hydrogen-bond acceptors (Lipinski definition) is 5. The first-order valence-corrected chi connectivity index (χ1v) is 11.0. The van der Waals surface area contributed by atoms with Gasteiger partial charge in [0.1, 0.15) is 11.9 Å². The number of halogens is 1. The van der Waals surface area contributed by atoms with E-state index >= 15 is 0 Å². The molecule has 0 saturated carbocycles. The highest BCUT2D eigenvalue weighted by Crippen LogP contribution is 2.28. The minimum Gasteiger partial charge on any atom is -0.442 e. The van der Waals surface area contributed by atoms with Crippen LogP contribution >= 0.6 is 12.2 Å². The first-order valence-electron chi connectivity index (χ1n) is 10.6. The number of hydrogen-bond donors (Lipinski definition) is 1. The summed E-state index contributed by atoms with van der Waals surface area (Å²) in [5.41, 5.74) is 1.03. The number of nitrogens with zero attached hydrogens (tertiary/aromatic N) is 3. The third-order valence-corrected chi connectivity index (χ3v) is 5.69. The molecule has 2 aliphatic heterocycles. The first kappa shape index (κ1) is 23.2. The first-order chi connectivity index (χ1) is 14.5. The Bertz CT molecular complexity index is 850. The molecule has 0 spiro atoms. The predicted octanol–water partition coefficient (Wildman–Crippen LogP) is 3.17. The number of cyclic esters (lactones) is 1. The number of carbonyl (C=O) groups excluding carboxylic acids is 2. The predicted molar refractivity (Wildman–Crippen MR) is 123 cm³/mol. The van der Waals surface area contributed by atoms with Crippen LogP contribution in [-0.4, -0.2) is 67.3 Å². The number of thiocarbonyl (C=S) groups is 1. The van der Waals surface area contributed by atoms with Crippen LogP contribution in [0, 0.1) is 11.2 Å². The fourth-order valence-electron chi connectivity index (χ4n) is 3.79. The lowest BCUT2D eigenvalue weighted by molar-refractivity contribution is -0.129. The fourth-order valence-corrected chi connectivity index (χ4v) is 4.31. The molecule has 1 aromatic carbocycles.